The SMILES string of the molecule is C#CCCCC(NN)C(OC)OC. The van der Waals surface area contributed by atoms with Crippen molar-refractivity contribution < 1.29 is 9.47 Å². The van der Waals surface area contributed by atoms with Crippen LogP contribution in [-0.4, -0.2) is 26.6 Å². The molecule has 4 heteroatoms. The van der Waals surface area contributed by atoms with E-state index in [1.54, 1.807) is 14.2 Å². The van der Waals surface area contributed by atoms with Crippen molar-refractivity contribution in [1.29, 1.82) is 0 Å². The average Bonchev–Trinajstić information content (AvgIpc) is 2.17. The van der Waals surface area contributed by atoms with Crippen LogP contribution in [0.25, 0.3) is 0 Å². The van der Waals surface area contributed by atoms with Crippen LogP contribution in [0.5, 0.6) is 0 Å². The highest BCUT2D eigenvalue weighted by molar-refractivity contribution is 4.84. The lowest BCUT2D eigenvalue weighted by atomic mass is 10.1. The number of hydrogen-bond donors (Lipinski definition) is 2. The number of methoxy groups -OCH3 is 2. The summed E-state index contributed by atoms with van der Waals surface area (Å²) in [5, 5.41) is 0. The summed E-state index contributed by atoms with van der Waals surface area (Å²) in [7, 11) is 3.17. The molecule has 0 aliphatic rings. The summed E-state index contributed by atoms with van der Waals surface area (Å²) in [6.45, 7) is 0. The fourth-order valence-corrected chi connectivity index (χ4v) is 1.15. The maximum Gasteiger partial charge on any atom is 0.173 e. The molecule has 0 rings (SSSR count). The Kier molecular flexibility index (Phi) is 7.65. The highest BCUT2D eigenvalue weighted by Crippen LogP contribution is 2.07. The Morgan fingerprint density at radius 3 is 2.46 bits per heavy atom. The molecule has 0 heterocycles. The Bertz CT molecular complexity index is 152. The fourth-order valence-electron chi connectivity index (χ4n) is 1.15. The quantitative estimate of drug-likeness (QED) is 0.197. The zero-order valence-electron chi connectivity index (χ0n) is 8.25. The molecule has 0 fully saturated rings. The van der Waals surface area contributed by atoms with Gasteiger partial charge >= 0.3 is 0 Å². The van der Waals surface area contributed by atoms with Gasteiger partial charge in [0.25, 0.3) is 0 Å². The fraction of sp³-hybridized carbons (Fsp3) is 0.778. The van der Waals surface area contributed by atoms with Gasteiger partial charge in [-0.2, -0.15) is 0 Å². The van der Waals surface area contributed by atoms with Gasteiger partial charge in [0.1, 0.15) is 0 Å². The van der Waals surface area contributed by atoms with E-state index in [9.17, 15) is 0 Å². The average molecular weight is 186 g/mol. The third-order valence-corrected chi connectivity index (χ3v) is 1.84. The molecule has 0 radical (unpaired) electrons. The van der Waals surface area contributed by atoms with Gasteiger partial charge in [-0.05, 0) is 12.8 Å². The lowest BCUT2D eigenvalue weighted by Crippen LogP contribution is -2.45. The molecule has 0 aliphatic carbocycles. The van der Waals surface area contributed by atoms with Gasteiger partial charge < -0.3 is 9.47 Å². The Hall–Kier alpha value is -0.600. The van der Waals surface area contributed by atoms with Crippen LogP contribution >= 0.6 is 0 Å². The van der Waals surface area contributed by atoms with Crippen LogP contribution in [0.15, 0.2) is 0 Å². The first-order valence-corrected chi connectivity index (χ1v) is 4.25. The van der Waals surface area contributed by atoms with Gasteiger partial charge in [-0.3, -0.25) is 11.3 Å². The molecule has 0 aromatic rings. The van der Waals surface area contributed by atoms with Crippen molar-refractivity contribution in [3.63, 3.8) is 0 Å². The van der Waals surface area contributed by atoms with Crippen LogP contribution < -0.4 is 11.3 Å². The zero-order chi connectivity index (χ0) is 10.1. The van der Waals surface area contributed by atoms with Crippen molar-refractivity contribution >= 4 is 0 Å². The van der Waals surface area contributed by atoms with Gasteiger partial charge in [0.05, 0.1) is 6.04 Å². The van der Waals surface area contributed by atoms with E-state index in [1.807, 2.05) is 0 Å². The molecule has 0 saturated carbocycles. The summed E-state index contributed by atoms with van der Waals surface area (Å²) in [5.41, 5.74) is 2.64. The van der Waals surface area contributed by atoms with Gasteiger partial charge in [-0.15, -0.1) is 12.3 Å². The van der Waals surface area contributed by atoms with Crippen LogP contribution in [0.2, 0.25) is 0 Å². The van der Waals surface area contributed by atoms with Crippen molar-refractivity contribution in [1.82, 2.24) is 5.43 Å². The number of nitrogens with one attached hydrogen (secondary N) is 1. The number of hydrogen-bond acceptors (Lipinski definition) is 4. The second-order valence-electron chi connectivity index (χ2n) is 2.71. The third kappa shape index (κ3) is 4.86. The third-order valence-electron chi connectivity index (χ3n) is 1.84. The number of rotatable bonds is 7. The van der Waals surface area contributed by atoms with Crippen LogP contribution in [0.3, 0.4) is 0 Å². The zero-order valence-corrected chi connectivity index (χ0v) is 8.25. The highest BCUT2D eigenvalue weighted by atomic mass is 16.7. The van der Waals surface area contributed by atoms with Crippen molar-refractivity contribution in [3.8, 4) is 12.3 Å². The number of hydrazine groups is 1. The first kappa shape index (κ1) is 12.4. The highest BCUT2D eigenvalue weighted by Gasteiger charge is 2.18. The summed E-state index contributed by atoms with van der Waals surface area (Å²) in [4.78, 5) is 0. The first-order valence-electron chi connectivity index (χ1n) is 4.25. The summed E-state index contributed by atoms with van der Waals surface area (Å²) >= 11 is 0. The van der Waals surface area contributed by atoms with Crippen molar-refractivity contribution in [3.05, 3.63) is 0 Å². The molecule has 0 spiro atoms. The monoisotopic (exact) mass is 186 g/mol. The maximum atomic E-state index is 5.35. The van der Waals surface area contributed by atoms with Crippen molar-refractivity contribution in [2.75, 3.05) is 14.2 Å². The molecule has 76 valence electrons. The van der Waals surface area contributed by atoms with Gasteiger partial charge in [-0.25, -0.2) is 0 Å². The molecular weight excluding hydrogens is 168 g/mol. The van der Waals surface area contributed by atoms with E-state index in [-0.39, 0.29) is 12.3 Å². The molecule has 0 aliphatic heterocycles. The van der Waals surface area contributed by atoms with Crippen LogP contribution in [0, 0.1) is 12.3 Å². The summed E-state index contributed by atoms with van der Waals surface area (Å²) in [6.07, 6.45) is 7.32. The number of unbranched alkanes of at least 4 members (excludes halogenated alkanes) is 1. The van der Waals surface area contributed by atoms with Crippen LogP contribution in [0.1, 0.15) is 19.3 Å². The molecule has 13 heavy (non-hydrogen) atoms. The molecule has 0 amide bonds. The Balaban J connectivity index is 3.79. The Morgan fingerprint density at radius 2 is 2.08 bits per heavy atom. The van der Waals surface area contributed by atoms with Crippen molar-refractivity contribution in [2.24, 2.45) is 5.84 Å². The van der Waals surface area contributed by atoms with E-state index in [0.717, 1.165) is 19.3 Å². The summed E-state index contributed by atoms with van der Waals surface area (Å²) in [6, 6.07) is -0.0108. The van der Waals surface area contributed by atoms with E-state index in [2.05, 4.69) is 11.3 Å². The second-order valence-corrected chi connectivity index (χ2v) is 2.71. The standard InChI is InChI=1S/C9H18N2O2/c1-4-5-6-7-8(11-10)9(12-2)13-3/h1,8-9,11H,5-7,10H2,2-3H3. The Labute approximate surface area is 79.7 Å². The smallest absolute Gasteiger partial charge is 0.173 e. The van der Waals surface area contributed by atoms with Gasteiger partial charge in [0.15, 0.2) is 6.29 Å². The predicted molar refractivity (Wildman–Crippen MR) is 51.6 cm³/mol. The predicted octanol–water partition coefficient (Wildman–Crippen LogP) is 0.241. The minimum absolute atomic E-state index is 0.0108. The maximum absolute atomic E-state index is 5.35. The first-order chi connectivity index (χ1) is 6.29. The van der Waals surface area contributed by atoms with Gasteiger partial charge in [0, 0.05) is 20.6 Å². The molecule has 0 bridgehead atoms. The summed E-state index contributed by atoms with van der Waals surface area (Å²) in [5.74, 6) is 7.92. The van der Waals surface area contributed by atoms with E-state index >= 15 is 0 Å². The number of terminal acetylenes is 1. The van der Waals surface area contributed by atoms with Gasteiger partial charge in [-0.1, -0.05) is 0 Å². The molecule has 4 nitrogen and oxygen atoms in total. The number of ether oxygens (including phenoxy) is 2. The molecule has 0 aromatic heterocycles. The largest absolute Gasteiger partial charge is 0.354 e. The molecule has 3 N–H and O–H groups in total. The lowest BCUT2D eigenvalue weighted by molar-refractivity contribution is -0.124. The minimum atomic E-state index is -0.317. The topological polar surface area (TPSA) is 56.5 Å². The van der Waals surface area contributed by atoms with Crippen molar-refractivity contribution in [2.45, 2.75) is 31.6 Å². The van der Waals surface area contributed by atoms with Crippen LogP contribution in [-0.2, 0) is 9.47 Å². The summed E-state index contributed by atoms with van der Waals surface area (Å²) < 4.78 is 10.1. The molecule has 1 unspecified atom stereocenters. The Morgan fingerprint density at radius 1 is 1.46 bits per heavy atom. The van der Waals surface area contributed by atoms with E-state index < -0.39 is 0 Å². The van der Waals surface area contributed by atoms with Gasteiger partial charge in [0.2, 0.25) is 0 Å². The minimum Gasteiger partial charge on any atom is -0.354 e. The molecule has 0 saturated heterocycles. The molecule has 1 atom stereocenters. The van der Waals surface area contributed by atoms with E-state index in [4.69, 9.17) is 21.7 Å². The second kappa shape index (κ2) is 8.02. The molecular formula is C9H18N2O2. The normalized spacial score (nSPS) is 12.8. The van der Waals surface area contributed by atoms with E-state index in [0.29, 0.717) is 0 Å². The van der Waals surface area contributed by atoms with Crippen LogP contribution in [0.4, 0.5) is 0 Å². The van der Waals surface area contributed by atoms with E-state index in [1.165, 1.54) is 0 Å². The number of nitrogens with two attached hydrogens (primary N) is 1. The lowest BCUT2D eigenvalue weighted by Gasteiger charge is -2.23. The molecule has 0 aromatic carbocycles.